The van der Waals surface area contributed by atoms with Crippen LogP contribution < -0.4 is 11.5 Å². The molecule has 1 aliphatic heterocycles. The molecule has 2 rings (SSSR count). The van der Waals surface area contributed by atoms with Gasteiger partial charge in [0.2, 0.25) is 5.91 Å². The predicted octanol–water partition coefficient (Wildman–Crippen LogP) is 1.15. The maximum absolute atomic E-state index is 11.3. The number of nitrogens with two attached hydrogens (primary N) is 2. The Kier molecular flexibility index (Phi) is 4.56. The molecule has 4 N–H and O–H groups in total. The topological polar surface area (TPSA) is 72.3 Å². The van der Waals surface area contributed by atoms with Crippen LogP contribution in [0.25, 0.3) is 0 Å². The van der Waals surface area contributed by atoms with Gasteiger partial charge in [-0.25, -0.2) is 0 Å². The third kappa shape index (κ3) is 3.55. The minimum atomic E-state index is -0.167. The lowest BCUT2D eigenvalue weighted by Crippen LogP contribution is -2.40. The van der Waals surface area contributed by atoms with E-state index < -0.39 is 0 Å². The van der Waals surface area contributed by atoms with E-state index in [0.29, 0.717) is 6.54 Å². The van der Waals surface area contributed by atoms with Crippen LogP contribution in [0, 0.1) is 12.8 Å². The zero-order valence-corrected chi connectivity index (χ0v) is 11.6. The maximum Gasteiger partial charge on any atom is 0.221 e. The molecule has 1 saturated heterocycles. The van der Waals surface area contributed by atoms with Crippen molar-refractivity contribution in [3.63, 3.8) is 0 Å². The van der Waals surface area contributed by atoms with Crippen molar-refractivity contribution in [2.24, 2.45) is 17.4 Å². The molecule has 4 heteroatoms. The Balaban J connectivity index is 2.02. The number of hydrogen-bond acceptors (Lipinski definition) is 3. The normalized spacial score (nSPS) is 20.4. The van der Waals surface area contributed by atoms with E-state index in [2.05, 4.69) is 30.0 Å². The van der Waals surface area contributed by atoms with Gasteiger partial charge in [-0.1, -0.05) is 18.2 Å². The second kappa shape index (κ2) is 6.17. The SMILES string of the molecule is Cc1cc(CN)ccc1CN1CCCC(C(N)=O)C1. The van der Waals surface area contributed by atoms with Crippen LogP contribution in [-0.4, -0.2) is 23.9 Å². The quantitative estimate of drug-likeness (QED) is 0.854. The smallest absolute Gasteiger partial charge is 0.221 e. The highest BCUT2D eigenvalue weighted by Crippen LogP contribution is 2.20. The molecule has 4 nitrogen and oxygen atoms in total. The molecule has 1 heterocycles. The largest absolute Gasteiger partial charge is 0.369 e. The van der Waals surface area contributed by atoms with Crippen LogP contribution in [0.1, 0.15) is 29.5 Å². The third-order valence-electron chi connectivity index (χ3n) is 3.94. The highest BCUT2D eigenvalue weighted by Gasteiger charge is 2.24. The van der Waals surface area contributed by atoms with Crippen molar-refractivity contribution in [3.05, 3.63) is 34.9 Å². The Morgan fingerprint density at radius 3 is 2.89 bits per heavy atom. The van der Waals surface area contributed by atoms with Gasteiger partial charge in [-0.2, -0.15) is 0 Å². The zero-order valence-electron chi connectivity index (χ0n) is 11.6. The number of nitrogens with zero attached hydrogens (tertiary/aromatic N) is 1. The van der Waals surface area contributed by atoms with E-state index >= 15 is 0 Å². The summed E-state index contributed by atoms with van der Waals surface area (Å²) in [5.74, 6) is -0.155. The zero-order chi connectivity index (χ0) is 13.8. The molecule has 0 aromatic heterocycles. The summed E-state index contributed by atoms with van der Waals surface area (Å²) < 4.78 is 0. The van der Waals surface area contributed by atoms with E-state index in [1.54, 1.807) is 0 Å². The molecule has 19 heavy (non-hydrogen) atoms. The van der Waals surface area contributed by atoms with E-state index in [1.165, 1.54) is 11.1 Å². The molecular formula is C15H23N3O. The number of aryl methyl sites for hydroxylation is 1. The lowest BCUT2D eigenvalue weighted by atomic mass is 9.96. The van der Waals surface area contributed by atoms with Gasteiger partial charge in [-0.05, 0) is 43.0 Å². The molecule has 0 radical (unpaired) electrons. The Bertz CT molecular complexity index is 459. The Morgan fingerprint density at radius 1 is 1.47 bits per heavy atom. The average Bonchev–Trinajstić information content (AvgIpc) is 2.41. The van der Waals surface area contributed by atoms with Crippen LogP contribution in [-0.2, 0) is 17.9 Å². The van der Waals surface area contributed by atoms with Crippen molar-refractivity contribution >= 4 is 5.91 Å². The molecule has 0 aliphatic carbocycles. The van der Waals surface area contributed by atoms with Crippen LogP contribution >= 0.6 is 0 Å². The van der Waals surface area contributed by atoms with E-state index in [4.69, 9.17) is 11.5 Å². The molecule has 0 spiro atoms. The molecule has 1 atom stereocenters. The first-order valence-electron chi connectivity index (χ1n) is 6.90. The highest BCUT2D eigenvalue weighted by molar-refractivity contribution is 5.76. The first kappa shape index (κ1) is 14.0. The molecule has 1 aliphatic rings. The van der Waals surface area contributed by atoms with Gasteiger partial charge in [-0.3, -0.25) is 9.69 Å². The van der Waals surface area contributed by atoms with Crippen molar-refractivity contribution in [1.82, 2.24) is 4.90 Å². The summed E-state index contributed by atoms with van der Waals surface area (Å²) in [7, 11) is 0. The first-order chi connectivity index (χ1) is 9.10. The number of primary amides is 1. The summed E-state index contributed by atoms with van der Waals surface area (Å²) in [6.45, 7) is 5.41. The van der Waals surface area contributed by atoms with Crippen LogP contribution in [0.4, 0.5) is 0 Å². The molecule has 0 bridgehead atoms. The van der Waals surface area contributed by atoms with Crippen molar-refractivity contribution < 1.29 is 4.79 Å². The summed E-state index contributed by atoms with van der Waals surface area (Å²) >= 11 is 0. The molecule has 1 aromatic carbocycles. The number of likely N-dealkylation sites (tertiary alicyclic amines) is 1. The second-order valence-corrected chi connectivity index (χ2v) is 5.44. The predicted molar refractivity (Wildman–Crippen MR) is 76.3 cm³/mol. The lowest BCUT2D eigenvalue weighted by molar-refractivity contribution is -0.123. The second-order valence-electron chi connectivity index (χ2n) is 5.44. The van der Waals surface area contributed by atoms with Gasteiger partial charge >= 0.3 is 0 Å². The molecule has 104 valence electrons. The number of amides is 1. The van der Waals surface area contributed by atoms with Crippen molar-refractivity contribution in [2.45, 2.75) is 32.9 Å². The van der Waals surface area contributed by atoms with E-state index in [0.717, 1.165) is 38.0 Å². The highest BCUT2D eigenvalue weighted by atomic mass is 16.1. The van der Waals surface area contributed by atoms with Crippen LogP contribution in [0.3, 0.4) is 0 Å². The van der Waals surface area contributed by atoms with Gasteiger partial charge in [0, 0.05) is 19.6 Å². The Morgan fingerprint density at radius 2 is 2.26 bits per heavy atom. The summed E-state index contributed by atoms with van der Waals surface area (Å²) in [4.78, 5) is 13.6. The van der Waals surface area contributed by atoms with E-state index in [1.807, 2.05) is 0 Å². The summed E-state index contributed by atoms with van der Waals surface area (Å²) in [5, 5.41) is 0. The van der Waals surface area contributed by atoms with Gasteiger partial charge in [0.05, 0.1) is 5.92 Å². The van der Waals surface area contributed by atoms with Crippen LogP contribution in [0.15, 0.2) is 18.2 Å². The van der Waals surface area contributed by atoms with Crippen LogP contribution in [0.2, 0.25) is 0 Å². The van der Waals surface area contributed by atoms with Gasteiger partial charge in [-0.15, -0.1) is 0 Å². The molecular weight excluding hydrogens is 238 g/mol. The van der Waals surface area contributed by atoms with Gasteiger partial charge < -0.3 is 11.5 Å². The minimum Gasteiger partial charge on any atom is -0.369 e. The fourth-order valence-corrected chi connectivity index (χ4v) is 2.73. The molecule has 1 fully saturated rings. The van der Waals surface area contributed by atoms with Crippen molar-refractivity contribution in [2.75, 3.05) is 13.1 Å². The number of carbonyl (C=O) groups is 1. The average molecular weight is 261 g/mol. The van der Waals surface area contributed by atoms with E-state index in [9.17, 15) is 4.79 Å². The maximum atomic E-state index is 11.3. The van der Waals surface area contributed by atoms with E-state index in [-0.39, 0.29) is 11.8 Å². The Labute approximate surface area is 114 Å². The van der Waals surface area contributed by atoms with Gasteiger partial charge in [0.15, 0.2) is 0 Å². The number of carbonyl (C=O) groups excluding carboxylic acids is 1. The fourth-order valence-electron chi connectivity index (χ4n) is 2.73. The summed E-state index contributed by atoms with van der Waals surface area (Å²) in [6.07, 6.45) is 1.98. The number of hydrogen-bond donors (Lipinski definition) is 2. The third-order valence-corrected chi connectivity index (χ3v) is 3.94. The first-order valence-corrected chi connectivity index (χ1v) is 6.90. The number of piperidine rings is 1. The molecule has 1 unspecified atom stereocenters. The summed E-state index contributed by atoms with van der Waals surface area (Å²) in [6, 6.07) is 6.37. The monoisotopic (exact) mass is 261 g/mol. The van der Waals surface area contributed by atoms with Gasteiger partial charge in [0.25, 0.3) is 0 Å². The van der Waals surface area contributed by atoms with Crippen molar-refractivity contribution in [1.29, 1.82) is 0 Å². The van der Waals surface area contributed by atoms with Crippen molar-refractivity contribution in [3.8, 4) is 0 Å². The van der Waals surface area contributed by atoms with Crippen LogP contribution in [0.5, 0.6) is 0 Å². The standard InChI is InChI=1S/C15H23N3O/c1-11-7-12(8-16)4-5-13(11)9-18-6-2-3-14(10-18)15(17)19/h4-5,7,14H,2-3,6,8-10,16H2,1H3,(H2,17,19). The molecule has 1 amide bonds. The van der Waals surface area contributed by atoms with Gasteiger partial charge in [0.1, 0.15) is 0 Å². The molecule has 0 saturated carbocycles. The molecule has 1 aromatic rings. The lowest BCUT2D eigenvalue weighted by Gasteiger charge is -2.31. The number of benzene rings is 1. The fraction of sp³-hybridized carbons (Fsp3) is 0.533. The Hall–Kier alpha value is -1.39. The number of rotatable bonds is 4. The summed E-state index contributed by atoms with van der Waals surface area (Å²) in [5.41, 5.74) is 14.8. The minimum absolute atomic E-state index is 0.0115.